The molecule has 0 N–H and O–H groups in total. The molecule has 0 saturated carbocycles. The maximum Gasteiger partial charge on any atom is 0.161 e. The lowest BCUT2D eigenvalue weighted by Crippen LogP contribution is -1.97. The summed E-state index contributed by atoms with van der Waals surface area (Å²) in [7, 11) is 0. The third-order valence-electron chi connectivity index (χ3n) is 9.80. The van der Waals surface area contributed by atoms with Gasteiger partial charge in [0.2, 0.25) is 0 Å². The standard InChI is InChI=1S/C44H25N3S2/c1-2-13-26(14-3-1)43-45-40(39-33-21-8-11-24-36(33)49-44(39)46-43)27-15-12-16-28(25-27)47-34-22-9-6-19-31(34)37-38-32-20-7-10-23-35(32)48-42(38)30-18-5-4-17-29(30)41(37)47/h1-25H. The zero-order valence-corrected chi connectivity index (χ0v) is 27.7. The van der Waals surface area contributed by atoms with Crippen LogP contribution in [0.25, 0.3) is 101 Å². The van der Waals surface area contributed by atoms with E-state index in [4.69, 9.17) is 9.97 Å². The fraction of sp³-hybridized carbons (Fsp3) is 0. The van der Waals surface area contributed by atoms with Crippen molar-refractivity contribution in [3.63, 3.8) is 0 Å². The van der Waals surface area contributed by atoms with E-state index in [2.05, 4.69) is 138 Å². The maximum absolute atomic E-state index is 5.32. The summed E-state index contributed by atoms with van der Waals surface area (Å²) in [5, 5.41) is 10.1. The van der Waals surface area contributed by atoms with Crippen molar-refractivity contribution in [2.45, 2.75) is 0 Å². The van der Waals surface area contributed by atoms with Gasteiger partial charge in [0.05, 0.1) is 16.7 Å². The van der Waals surface area contributed by atoms with Gasteiger partial charge in [-0.3, -0.25) is 0 Å². The number of thiophene rings is 2. The van der Waals surface area contributed by atoms with Crippen molar-refractivity contribution in [1.82, 2.24) is 14.5 Å². The number of aromatic nitrogens is 3. The molecule has 49 heavy (non-hydrogen) atoms. The number of fused-ring (bicyclic) bond motifs is 13. The molecule has 0 aliphatic heterocycles. The van der Waals surface area contributed by atoms with Gasteiger partial charge in [-0.1, -0.05) is 121 Å². The summed E-state index contributed by atoms with van der Waals surface area (Å²) < 4.78 is 6.36. The van der Waals surface area contributed by atoms with Crippen molar-refractivity contribution in [2.75, 3.05) is 0 Å². The van der Waals surface area contributed by atoms with Gasteiger partial charge in [0, 0.05) is 74.0 Å². The Balaban J connectivity index is 1.26. The molecule has 3 nitrogen and oxygen atoms in total. The summed E-state index contributed by atoms with van der Waals surface area (Å²) in [4.78, 5) is 11.4. The fourth-order valence-electron chi connectivity index (χ4n) is 7.73. The van der Waals surface area contributed by atoms with E-state index in [9.17, 15) is 0 Å². The van der Waals surface area contributed by atoms with E-state index in [1.54, 1.807) is 11.3 Å². The predicted molar refractivity (Wildman–Crippen MR) is 211 cm³/mol. The summed E-state index contributed by atoms with van der Waals surface area (Å²) in [5.74, 6) is 0.745. The van der Waals surface area contributed by atoms with Crippen molar-refractivity contribution < 1.29 is 0 Å². The van der Waals surface area contributed by atoms with Gasteiger partial charge < -0.3 is 4.57 Å². The van der Waals surface area contributed by atoms with E-state index in [-0.39, 0.29) is 0 Å². The molecule has 0 bridgehead atoms. The van der Waals surface area contributed by atoms with Gasteiger partial charge in [-0.2, -0.15) is 0 Å². The van der Waals surface area contributed by atoms with E-state index < -0.39 is 0 Å². The van der Waals surface area contributed by atoms with Crippen LogP contribution in [-0.4, -0.2) is 14.5 Å². The smallest absolute Gasteiger partial charge is 0.161 e. The second kappa shape index (κ2) is 10.3. The van der Waals surface area contributed by atoms with Gasteiger partial charge in [-0.05, 0) is 30.3 Å². The molecule has 7 aromatic carbocycles. The van der Waals surface area contributed by atoms with Crippen LogP contribution in [0.2, 0.25) is 0 Å². The van der Waals surface area contributed by atoms with Gasteiger partial charge in [0.15, 0.2) is 5.82 Å². The first kappa shape index (κ1) is 27.1. The van der Waals surface area contributed by atoms with Gasteiger partial charge >= 0.3 is 0 Å². The molecule has 0 unspecified atom stereocenters. The molecule has 228 valence electrons. The number of benzene rings is 7. The first-order valence-electron chi connectivity index (χ1n) is 16.4. The van der Waals surface area contributed by atoms with E-state index in [1.807, 2.05) is 29.5 Å². The highest BCUT2D eigenvalue weighted by molar-refractivity contribution is 7.27. The lowest BCUT2D eigenvalue weighted by atomic mass is 10.00. The monoisotopic (exact) mass is 659 g/mol. The van der Waals surface area contributed by atoms with Gasteiger partial charge in [-0.15, -0.1) is 22.7 Å². The minimum atomic E-state index is 0.745. The van der Waals surface area contributed by atoms with Crippen LogP contribution >= 0.6 is 22.7 Å². The quantitative estimate of drug-likeness (QED) is 0.189. The molecule has 0 saturated heterocycles. The predicted octanol–water partition coefficient (Wildman–Crippen LogP) is 12.8. The van der Waals surface area contributed by atoms with Crippen molar-refractivity contribution in [1.29, 1.82) is 0 Å². The highest BCUT2D eigenvalue weighted by Gasteiger charge is 2.22. The molecule has 11 aromatic rings. The SMILES string of the molecule is c1ccc(-c2nc(-c3cccc(-n4c5ccccc5c5c6c7ccccc7sc6c6ccccc6c54)c3)c3c(n2)sc2ccccc23)cc1. The lowest BCUT2D eigenvalue weighted by molar-refractivity contribution is 1.18. The fourth-order valence-corrected chi connectivity index (χ4v) is 10.1. The van der Waals surface area contributed by atoms with Crippen LogP contribution in [0.3, 0.4) is 0 Å². The molecule has 0 fully saturated rings. The summed E-state index contributed by atoms with van der Waals surface area (Å²) in [6, 6.07) is 54.5. The van der Waals surface area contributed by atoms with E-state index in [0.29, 0.717) is 0 Å². The first-order chi connectivity index (χ1) is 24.3. The Morgan fingerprint density at radius 1 is 0.449 bits per heavy atom. The van der Waals surface area contributed by atoms with E-state index in [0.717, 1.165) is 38.5 Å². The third kappa shape index (κ3) is 3.88. The Morgan fingerprint density at radius 3 is 1.90 bits per heavy atom. The number of para-hydroxylation sites is 1. The summed E-state index contributed by atoms with van der Waals surface area (Å²) in [5.41, 5.74) is 6.59. The molecule has 5 heteroatoms. The third-order valence-corrected chi connectivity index (χ3v) is 12.1. The molecular formula is C44H25N3S2. The van der Waals surface area contributed by atoms with Crippen LogP contribution in [-0.2, 0) is 0 Å². The van der Waals surface area contributed by atoms with Crippen LogP contribution in [0, 0.1) is 0 Å². The molecule has 0 aliphatic rings. The summed E-state index contributed by atoms with van der Waals surface area (Å²) >= 11 is 3.63. The Kier molecular flexibility index (Phi) is 5.70. The number of nitrogens with zero attached hydrogens (tertiary/aromatic N) is 3. The second-order valence-electron chi connectivity index (χ2n) is 12.5. The molecule has 0 amide bonds. The van der Waals surface area contributed by atoms with Gasteiger partial charge in [0.1, 0.15) is 4.83 Å². The van der Waals surface area contributed by atoms with Crippen LogP contribution < -0.4 is 0 Å². The highest BCUT2D eigenvalue weighted by atomic mass is 32.1. The Labute approximate surface area is 289 Å². The summed E-state index contributed by atoms with van der Waals surface area (Å²) in [6.07, 6.45) is 0. The zero-order valence-electron chi connectivity index (χ0n) is 26.1. The number of hydrogen-bond donors (Lipinski definition) is 0. The molecule has 0 radical (unpaired) electrons. The average molecular weight is 660 g/mol. The molecule has 4 aromatic heterocycles. The van der Waals surface area contributed by atoms with Crippen LogP contribution in [0.1, 0.15) is 0 Å². The Morgan fingerprint density at radius 2 is 1.08 bits per heavy atom. The van der Waals surface area contributed by atoms with Gasteiger partial charge in [-0.25, -0.2) is 9.97 Å². The average Bonchev–Trinajstić information content (AvgIpc) is 3.85. The lowest BCUT2D eigenvalue weighted by Gasteiger charge is -2.13. The Bertz CT molecular complexity index is 3110. The first-order valence-corrected chi connectivity index (χ1v) is 18.1. The van der Waals surface area contributed by atoms with Gasteiger partial charge in [0.25, 0.3) is 0 Å². The molecule has 0 aliphatic carbocycles. The van der Waals surface area contributed by atoms with E-state index in [1.165, 1.54) is 62.8 Å². The molecular weight excluding hydrogens is 635 g/mol. The molecule has 4 heterocycles. The minimum absolute atomic E-state index is 0.745. The van der Waals surface area contributed by atoms with Crippen molar-refractivity contribution in [3.05, 3.63) is 152 Å². The normalized spacial score (nSPS) is 12.1. The highest BCUT2D eigenvalue weighted by Crippen LogP contribution is 2.48. The maximum atomic E-state index is 5.32. The number of hydrogen-bond acceptors (Lipinski definition) is 4. The van der Waals surface area contributed by atoms with Crippen molar-refractivity contribution >= 4 is 95.7 Å². The zero-order chi connectivity index (χ0) is 32.1. The van der Waals surface area contributed by atoms with Crippen LogP contribution in [0.15, 0.2) is 152 Å². The van der Waals surface area contributed by atoms with Crippen molar-refractivity contribution in [2.24, 2.45) is 0 Å². The topological polar surface area (TPSA) is 30.7 Å². The van der Waals surface area contributed by atoms with Crippen LogP contribution in [0.5, 0.6) is 0 Å². The Hall–Kier alpha value is -5.88. The van der Waals surface area contributed by atoms with E-state index >= 15 is 0 Å². The van der Waals surface area contributed by atoms with Crippen LogP contribution in [0.4, 0.5) is 0 Å². The van der Waals surface area contributed by atoms with Crippen molar-refractivity contribution in [3.8, 4) is 28.3 Å². The molecule has 0 atom stereocenters. The number of rotatable bonds is 3. The second-order valence-corrected chi connectivity index (χ2v) is 14.6. The minimum Gasteiger partial charge on any atom is -0.309 e. The molecule has 11 rings (SSSR count). The summed E-state index contributed by atoms with van der Waals surface area (Å²) in [6.45, 7) is 0. The molecule has 0 spiro atoms. The largest absolute Gasteiger partial charge is 0.309 e.